The molecule has 2 aromatic heterocycles. The number of halogens is 1. The van der Waals surface area contributed by atoms with Gasteiger partial charge in [-0.2, -0.15) is 0 Å². The minimum Gasteiger partial charge on any atom is -0.350 e. The van der Waals surface area contributed by atoms with Crippen molar-refractivity contribution >= 4 is 46.6 Å². The number of hydrogen-bond acceptors (Lipinski definition) is 6. The number of nitrogens with one attached hydrogen (secondary N) is 1. The Morgan fingerprint density at radius 2 is 2.07 bits per heavy atom. The van der Waals surface area contributed by atoms with Gasteiger partial charge in [-0.1, -0.05) is 35.5 Å². The molecule has 1 N–H and O–H groups in total. The Hall–Kier alpha value is -2.03. The molecule has 0 atom stereocenters. The number of aromatic nitrogens is 3. The van der Waals surface area contributed by atoms with Crippen molar-refractivity contribution in [3.63, 3.8) is 0 Å². The highest BCUT2D eigenvalue weighted by molar-refractivity contribution is 7.99. The zero-order valence-corrected chi connectivity index (χ0v) is 17.6. The summed E-state index contributed by atoms with van der Waals surface area (Å²) >= 11 is 9.22. The van der Waals surface area contributed by atoms with Crippen LogP contribution in [0.25, 0.3) is 5.69 Å². The first kappa shape index (κ1) is 19.3. The van der Waals surface area contributed by atoms with Gasteiger partial charge in [-0.3, -0.25) is 9.36 Å². The molecule has 0 bridgehead atoms. The van der Waals surface area contributed by atoms with E-state index in [2.05, 4.69) is 20.4 Å². The van der Waals surface area contributed by atoms with Crippen LogP contribution in [0.15, 0.2) is 46.9 Å². The predicted octanol–water partition coefficient (Wildman–Crippen LogP) is 3.99. The van der Waals surface area contributed by atoms with Crippen LogP contribution in [0.2, 0.25) is 5.02 Å². The maximum atomic E-state index is 12.3. The molecule has 3 aromatic rings. The molecule has 0 spiro atoms. The Bertz CT molecular complexity index is 938. The van der Waals surface area contributed by atoms with E-state index >= 15 is 0 Å². The van der Waals surface area contributed by atoms with Crippen molar-refractivity contribution in [1.29, 1.82) is 0 Å². The first-order valence-corrected chi connectivity index (χ1v) is 11.3. The van der Waals surface area contributed by atoms with E-state index in [1.807, 2.05) is 46.3 Å². The van der Waals surface area contributed by atoms with Crippen LogP contribution in [-0.2, 0) is 11.3 Å². The molecular formula is C19H20ClN5OS2. The van der Waals surface area contributed by atoms with Crippen LogP contribution in [0.1, 0.15) is 17.7 Å². The number of benzene rings is 1. The molecule has 9 heteroatoms. The van der Waals surface area contributed by atoms with Gasteiger partial charge < -0.3 is 10.2 Å². The SMILES string of the molecule is O=C(CSc1nnc(N2CCCC2)n1-c1cccc(Cl)c1)NCc1cccs1. The van der Waals surface area contributed by atoms with Crippen LogP contribution in [-0.4, -0.2) is 39.5 Å². The maximum Gasteiger partial charge on any atom is 0.232 e. The number of nitrogens with zero attached hydrogens (tertiary/aromatic N) is 4. The van der Waals surface area contributed by atoms with Crippen LogP contribution in [0.3, 0.4) is 0 Å². The van der Waals surface area contributed by atoms with E-state index in [0.717, 1.165) is 42.4 Å². The van der Waals surface area contributed by atoms with Crippen LogP contribution < -0.4 is 10.2 Å². The molecule has 3 heterocycles. The molecule has 0 aliphatic carbocycles. The van der Waals surface area contributed by atoms with E-state index in [9.17, 15) is 4.79 Å². The summed E-state index contributed by atoms with van der Waals surface area (Å²) in [6, 6.07) is 11.6. The Morgan fingerprint density at radius 1 is 1.21 bits per heavy atom. The minimum atomic E-state index is -0.0261. The van der Waals surface area contributed by atoms with Gasteiger partial charge in [-0.25, -0.2) is 0 Å². The van der Waals surface area contributed by atoms with Crippen molar-refractivity contribution in [3.8, 4) is 5.69 Å². The lowest BCUT2D eigenvalue weighted by Crippen LogP contribution is -2.24. The standard InChI is InChI=1S/C19H20ClN5OS2/c20-14-5-3-6-15(11-14)25-18(24-8-1-2-9-24)22-23-19(25)28-13-17(26)21-12-16-7-4-10-27-16/h3-7,10-11H,1-2,8-9,12-13H2,(H,21,26). The van der Waals surface area contributed by atoms with Gasteiger partial charge in [0, 0.05) is 23.0 Å². The fourth-order valence-corrected chi connectivity index (χ4v) is 4.70. The van der Waals surface area contributed by atoms with E-state index in [4.69, 9.17) is 11.6 Å². The number of anilines is 1. The lowest BCUT2D eigenvalue weighted by molar-refractivity contribution is -0.118. The van der Waals surface area contributed by atoms with E-state index in [1.54, 1.807) is 11.3 Å². The summed E-state index contributed by atoms with van der Waals surface area (Å²) in [6.45, 7) is 2.48. The van der Waals surface area contributed by atoms with Gasteiger partial charge in [0.05, 0.1) is 18.0 Å². The van der Waals surface area contributed by atoms with Crippen molar-refractivity contribution in [2.24, 2.45) is 0 Å². The predicted molar refractivity (Wildman–Crippen MR) is 115 cm³/mol. The highest BCUT2D eigenvalue weighted by Crippen LogP contribution is 2.29. The highest BCUT2D eigenvalue weighted by atomic mass is 35.5. The largest absolute Gasteiger partial charge is 0.350 e. The van der Waals surface area contributed by atoms with Gasteiger partial charge in [0.2, 0.25) is 11.9 Å². The summed E-state index contributed by atoms with van der Waals surface area (Å²) in [7, 11) is 0. The number of carbonyl (C=O) groups is 1. The molecule has 146 valence electrons. The normalized spacial score (nSPS) is 13.8. The van der Waals surface area contributed by atoms with Crippen molar-refractivity contribution in [3.05, 3.63) is 51.7 Å². The second kappa shape index (κ2) is 8.98. The Balaban J connectivity index is 1.50. The number of rotatable bonds is 7. The fraction of sp³-hybridized carbons (Fsp3) is 0.316. The number of hydrogen-bond donors (Lipinski definition) is 1. The number of amides is 1. The second-order valence-corrected chi connectivity index (χ2v) is 8.85. The van der Waals surface area contributed by atoms with Crippen molar-refractivity contribution in [2.75, 3.05) is 23.7 Å². The summed E-state index contributed by atoms with van der Waals surface area (Å²) in [4.78, 5) is 15.6. The molecule has 6 nitrogen and oxygen atoms in total. The van der Waals surface area contributed by atoms with Crippen molar-refractivity contribution < 1.29 is 4.79 Å². The zero-order chi connectivity index (χ0) is 19.3. The molecule has 0 radical (unpaired) electrons. The Kier molecular flexibility index (Phi) is 6.19. The minimum absolute atomic E-state index is 0.0261. The van der Waals surface area contributed by atoms with Gasteiger partial charge >= 0.3 is 0 Å². The molecular weight excluding hydrogens is 414 g/mol. The molecule has 1 amide bonds. The topological polar surface area (TPSA) is 63.1 Å². The number of carbonyl (C=O) groups excluding carboxylic acids is 1. The highest BCUT2D eigenvalue weighted by Gasteiger charge is 2.23. The quantitative estimate of drug-likeness (QED) is 0.571. The zero-order valence-electron chi connectivity index (χ0n) is 15.2. The van der Waals surface area contributed by atoms with Gasteiger partial charge in [-0.05, 0) is 42.5 Å². The average Bonchev–Trinajstić information content (AvgIpc) is 3.46. The molecule has 28 heavy (non-hydrogen) atoms. The second-order valence-electron chi connectivity index (χ2n) is 6.44. The third-order valence-electron chi connectivity index (χ3n) is 4.44. The number of thioether (sulfide) groups is 1. The van der Waals surface area contributed by atoms with Crippen LogP contribution >= 0.6 is 34.7 Å². The summed E-state index contributed by atoms with van der Waals surface area (Å²) in [5, 5.41) is 15.1. The smallest absolute Gasteiger partial charge is 0.232 e. The van der Waals surface area contributed by atoms with E-state index in [0.29, 0.717) is 16.7 Å². The molecule has 0 unspecified atom stereocenters. The molecule has 0 saturated carbocycles. The third-order valence-corrected chi connectivity index (χ3v) is 6.48. The van der Waals surface area contributed by atoms with Crippen LogP contribution in [0.4, 0.5) is 5.95 Å². The average molecular weight is 434 g/mol. The van der Waals surface area contributed by atoms with Gasteiger partial charge in [0.1, 0.15) is 0 Å². The Labute approximate surface area is 176 Å². The van der Waals surface area contributed by atoms with Gasteiger partial charge in [-0.15, -0.1) is 21.5 Å². The van der Waals surface area contributed by atoms with Crippen molar-refractivity contribution in [1.82, 2.24) is 20.1 Å². The van der Waals surface area contributed by atoms with Crippen LogP contribution in [0, 0.1) is 0 Å². The monoisotopic (exact) mass is 433 g/mol. The van der Waals surface area contributed by atoms with Crippen LogP contribution in [0.5, 0.6) is 0 Å². The first-order valence-electron chi connectivity index (χ1n) is 9.09. The summed E-state index contributed by atoms with van der Waals surface area (Å²) in [5.41, 5.74) is 0.904. The number of thiophene rings is 1. The van der Waals surface area contributed by atoms with Crippen molar-refractivity contribution in [2.45, 2.75) is 24.5 Å². The maximum absolute atomic E-state index is 12.3. The van der Waals surface area contributed by atoms with E-state index in [1.165, 1.54) is 11.8 Å². The molecule has 1 saturated heterocycles. The third kappa shape index (κ3) is 4.51. The summed E-state index contributed by atoms with van der Waals surface area (Å²) in [5.74, 6) is 1.06. The van der Waals surface area contributed by atoms with Gasteiger partial charge in [0.15, 0.2) is 5.16 Å². The van der Waals surface area contributed by atoms with E-state index < -0.39 is 0 Å². The summed E-state index contributed by atoms with van der Waals surface area (Å²) < 4.78 is 1.99. The molecule has 4 rings (SSSR count). The Morgan fingerprint density at radius 3 is 2.82 bits per heavy atom. The molecule has 1 aromatic carbocycles. The fourth-order valence-electron chi connectivity index (χ4n) is 3.10. The first-order chi connectivity index (χ1) is 13.7. The van der Waals surface area contributed by atoms with E-state index in [-0.39, 0.29) is 11.7 Å². The lowest BCUT2D eigenvalue weighted by atomic mass is 10.3. The lowest BCUT2D eigenvalue weighted by Gasteiger charge is -2.18. The molecule has 1 fully saturated rings. The molecule has 1 aliphatic rings. The summed E-state index contributed by atoms with van der Waals surface area (Å²) in [6.07, 6.45) is 2.30. The van der Waals surface area contributed by atoms with Gasteiger partial charge in [0.25, 0.3) is 0 Å². The molecule has 1 aliphatic heterocycles.